The van der Waals surface area contributed by atoms with Crippen LogP contribution in [0.1, 0.15) is 37.2 Å². The van der Waals surface area contributed by atoms with Gasteiger partial charge in [0.1, 0.15) is 5.69 Å². The molecular formula is C15H18N4O. The number of likely N-dealkylation sites (tertiary alicyclic amines) is 1. The smallest absolute Gasteiger partial charge is 0.220 e. The highest BCUT2D eigenvalue weighted by Gasteiger charge is 2.28. The van der Waals surface area contributed by atoms with Crippen molar-refractivity contribution in [2.75, 3.05) is 6.54 Å². The summed E-state index contributed by atoms with van der Waals surface area (Å²) in [5.41, 5.74) is 3.66. The molecular weight excluding hydrogens is 252 g/mol. The predicted molar refractivity (Wildman–Crippen MR) is 75.9 cm³/mol. The van der Waals surface area contributed by atoms with E-state index < -0.39 is 0 Å². The molecule has 0 spiro atoms. The molecule has 0 radical (unpaired) electrons. The molecule has 1 aliphatic rings. The molecule has 3 heterocycles. The zero-order valence-electron chi connectivity index (χ0n) is 11.8. The van der Waals surface area contributed by atoms with Gasteiger partial charge in [-0.05, 0) is 38.0 Å². The fourth-order valence-electron chi connectivity index (χ4n) is 2.78. The van der Waals surface area contributed by atoms with Gasteiger partial charge in [0.05, 0.1) is 17.4 Å². The summed E-state index contributed by atoms with van der Waals surface area (Å²) in [4.78, 5) is 18.3. The second kappa shape index (κ2) is 5.07. The molecule has 1 fully saturated rings. The third-order valence-electron chi connectivity index (χ3n) is 3.74. The maximum absolute atomic E-state index is 11.7. The Bertz CT molecular complexity index is 634. The first-order chi connectivity index (χ1) is 9.65. The molecule has 104 valence electrons. The molecule has 1 saturated heterocycles. The number of amides is 1. The molecule has 5 heteroatoms. The van der Waals surface area contributed by atoms with Crippen LogP contribution in [-0.2, 0) is 4.79 Å². The fourth-order valence-corrected chi connectivity index (χ4v) is 2.78. The molecule has 1 unspecified atom stereocenters. The summed E-state index contributed by atoms with van der Waals surface area (Å²) >= 11 is 0. The van der Waals surface area contributed by atoms with Crippen LogP contribution in [0, 0.1) is 6.92 Å². The van der Waals surface area contributed by atoms with Crippen molar-refractivity contribution in [1.29, 1.82) is 0 Å². The number of aromatic amines is 1. The van der Waals surface area contributed by atoms with Gasteiger partial charge in [-0.15, -0.1) is 0 Å². The third-order valence-corrected chi connectivity index (χ3v) is 3.74. The van der Waals surface area contributed by atoms with Gasteiger partial charge in [0.25, 0.3) is 0 Å². The topological polar surface area (TPSA) is 61.9 Å². The molecule has 3 rings (SSSR count). The van der Waals surface area contributed by atoms with Crippen LogP contribution in [0.2, 0.25) is 0 Å². The Balaban J connectivity index is 1.93. The minimum Gasteiger partial charge on any atom is -0.334 e. The van der Waals surface area contributed by atoms with Crippen molar-refractivity contribution in [3.63, 3.8) is 0 Å². The van der Waals surface area contributed by atoms with Crippen molar-refractivity contribution in [3.05, 3.63) is 35.7 Å². The van der Waals surface area contributed by atoms with Crippen LogP contribution in [0.4, 0.5) is 0 Å². The zero-order chi connectivity index (χ0) is 14.1. The largest absolute Gasteiger partial charge is 0.334 e. The van der Waals surface area contributed by atoms with Crippen LogP contribution >= 0.6 is 0 Å². The van der Waals surface area contributed by atoms with Crippen LogP contribution in [0.25, 0.3) is 11.4 Å². The number of aryl methyl sites for hydroxylation is 1. The highest BCUT2D eigenvalue weighted by molar-refractivity contribution is 5.74. The second-order valence-corrected chi connectivity index (χ2v) is 5.25. The first-order valence-electron chi connectivity index (χ1n) is 6.91. The molecule has 1 N–H and O–H groups in total. The molecule has 2 aromatic heterocycles. The lowest BCUT2D eigenvalue weighted by atomic mass is 10.1. The quantitative estimate of drug-likeness (QED) is 0.911. The molecule has 2 aromatic rings. The molecule has 0 bridgehead atoms. The van der Waals surface area contributed by atoms with Crippen LogP contribution in [-0.4, -0.2) is 32.5 Å². The summed E-state index contributed by atoms with van der Waals surface area (Å²) in [6.45, 7) is 4.42. The van der Waals surface area contributed by atoms with Crippen molar-refractivity contribution in [1.82, 2.24) is 20.1 Å². The summed E-state index contributed by atoms with van der Waals surface area (Å²) in [7, 11) is 0. The number of hydrogen-bond acceptors (Lipinski definition) is 3. The predicted octanol–water partition coefficient (Wildman–Crippen LogP) is 2.46. The zero-order valence-corrected chi connectivity index (χ0v) is 11.8. The van der Waals surface area contributed by atoms with E-state index in [9.17, 15) is 4.79 Å². The molecule has 0 saturated carbocycles. The Labute approximate surface area is 118 Å². The summed E-state index contributed by atoms with van der Waals surface area (Å²) in [5, 5.41) is 7.17. The van der Waals surface area contributed by atoms with Gasteiger partial charge >= 0.3 is 0 Å². The van der Waals surface area contributed by atoms with E-state index in [0.717, 1.165) is 42.2 Å². The lowest BCUT2D eigenvalue weighted by Gasteiger charge is -2.23. The third kappa shape index (κ3) is 2.31. The van der Waals surface area contributed by atoms with Crippen LogP contribution in [0.3, 0.4) is 0 Å². The van der Waals surface area contributed by atoms with E-state index >= 15 is 0 Å². The lowest BCUT2D eigenvalue weighted by molar-refractivity contribution is -0.129. The van der Waals surface area contributed by atoms with Crippen molar-refractivity contribution >= 4 is 5.91 Å². The molecule has 1 atom stereocenters. The van der Waals surface area contributed by atoms with Crippen molar-refractivity contribution < 1.29 is 4.79 Å². The molecule has 5 nitrogen and oxygen atoms in total. The van der Waals surface area contributed by atoms with Crippen LogP contribution in [0.5, 0.6) is 0 Å². The van der Waals surface area contributed by atoms with Crippen LogP contribution in [0.15, 0.2) is 24.3 Å². The van der Waals surface area contributed by atoms with Gasteiger partial charge in [0.15, 0.2) is 0 Å². The van der Waals surface area contributed by atoms with Gasteiger partial charge in [-0.25, -0.2) is 4.98 Å². The standard InChI is InChI=1S/C15H18N4O/c1-10-9-14(18-17-10)12-5-3-6-13(16-12)15-7-4-8-19(15)11(2)20/h3,5-6,9,15H,4,7-8H2,1-2H3,(H,17,18). The number of carbonyl (C=O) groups is 1. The van der Waals surface area contributed by atoms with Gasteiger partial charge in [0.2, 0.25) is 5.91 Å². The summed E-state index contributed by atoms with van der Waals surface area (Å²) in [5.74, 6) is 0.121. The SMILES string of the molecule is CC(=O)N1CCCC1c1cccc(-c2cc(C)[nH]n2)n1. The highest BCUT2D eigenvalue weighted by atomic mass is 16.2. The number of aromatic nitrogens is 3. The van der Waals surface area contributed by atoms with E-state index in [1.54, 1.807) is 6.92 Å². The first-order valence-corrected chi connectivity index (χ1v) is 6.91. The van der Waals surface area contributed by atoms with E-state index in [2.05, 4.69) is 10.2 Å². The van der Waals surface area contributed by atoms with E-state index in [1.165, 1.54) is 0 Å². The van der Waals surface area contributed by atoms with Crippen LogP contribution < -0.4 is 0 Å². The number of nitrogens with zero attached hydrogens (tertiary/aromatic N) is 3. The van der Waals surface area contributed by atoms with Crippen molar-refractivity contribution in [2.45, 2.75) is 32.7 Å². The number of pyridine rings is 1. The fraction of sp³-hybridized carbons (Fsp3) is 0.400. The average molecular weight is 270 g/mol. The Kier molecular flexibility index (Phi) is 3.26. The monoisotopic (exact) mass is 270 g/mol. The molecule has 0 aliphatic carbocycles. The Morgan fingerprint density at radius 1 is 1.40 bits per heavy atom. The van der Waals surface area contributed by atoms with Gasteiger partial charge in [0, 0.05) is 19.2 Å². The van der Waals surface area contributed by atoms with Crippen molar-refractivity contribution in [2.24, 2.45) is 0 Å². The number of carbonyl (C=O) groups excluding carboxylic acids is 1. The van der Waals surface area contributed by atoms with E-state index in [1.807, 2.05) is 36.1 Å². The first kappa shape index (κ1) is 12.8. The molecule has 0 aromatic carbocycles. The number of H-pyrrole nitrogens is 1. The van der Waals surface area contributed by atoms with Crippen molar-refractivity contribution in [3.8, 4) is 11.4 Å². The number of nitrogens with one attached hydrogen (secondary N) is 1. The highest BCUT2D eigenvalue weighted by Crippen LogP contribution is 2.31. The normalized spacial score (nSPS) is 18.5. The van der Waals surface area contributed by atoms with Gasteiger partial charge in [-0.3, -0.25) is 9.89 Å². The summed E-state index contributed by atoms with van der Waals surface area (Å²) < 4.78 is 0. The number of rotatable bonds is 2. The second-order valence-electron chi connectivity index (χ2n) is 5.25. The minimum atomic E-state index is 0.104. The maximum Gasteiger partial charge on any atom is 0.220 e. The van der Waals surface area contributed by atoms with Gasteiger partial charge in [-0.1, -0.05) is 6.07 Å². The minimum absolute atomic E-state index is 0.104. The summed E-state index contributed by atoms with van der Waals surface area (Å²) in [6, 6.07) is 8.01. The maximum atomic E-state index is 11.7. The lowest BCUT2D eigenvalue weighted by Crippen LogP contribution is -2.28. The Hall–Kier alpha value is -2.17. The molecule has 1 aliphatic heterocycles. The van der Waals surface area contributed by atoms with E-state index in [-0.39, 0.29) is 11.9 Å². The molecule has 20 heavy (non-hydrogen) atoms. The summed E-state index contributed by atoms with van der Waals surface area (Å²) in [6.07, 6.45) is 2.02. The average Bonchev–Trinajstić information content (AvgIpc) is 3.07. The Morgan fingerprint density at radius 2 is 2.25 bits per heavy atom. The van der Waals surface area contributed by atoms with E-state index in [4.69, 9.17) is 4.98 Å². The Morgan fingerprint density at radius 3 is 2.95 bits per heavy atom. The number of hydrogen-bond donors (Lipinski definition) is 1. The van der Waals surface area contributed by atoms with E-state index in [0.29, 0.717) is 0 Å². The van der Waals surface area contributed by atoms with Gasteiger partial charge < -0.3 is 4.90 Å². The van der Waals surface area contributed by atoms with Gasteiger partial charge in [-0.2, -0.15) is 5.10 Å². The molecule has 1 amide bonds.